The molecule has 1 unspecified atom stereocenters. The van der Waals surface area contributed by atoms with E-state index in [1.54, 1.807) is 0 Å². The first-order chi connectivity index (χ1) is 2.41. The van der Waals surface area contributed by atoms with Crippen molar-refractivity contribution >= 4 is 8.46 Å². The molecule has 0 aliphatic rings. The van der Waals surface area contributed by atoms with Crippen LogP contribution in [0.5, 0.6) is 0 Å². The van der Waals surface area contributed by atoms with Crippen LogP contribution in [-0.2, 0) is 9.30 Å². The number of ether oxygens (including phenoxy) is 1. The minimum absolute atomic E-state index is 0.314. The fourth-order valence-corrected chi connectivity index (χ4v) is 0.177. The summed E-state index contributed by atoms with van der Waals surface area (Å²) >= 11 is 0. The lowest BCUT2D eigenvalue weighted by molar-refractivity contribution is 0.254. The van der Waals surface area contributed by atoms with E-state index in [1.165, 1.54) is 7.11 Å². The lowest BCUT2D eigenvalue weighted by atomic mass is 11.5. The zero-order valence-electron chi connectivity index (χ0n) is 3.02. The highest BCUT2D eigenvalue weighted by Gasteiger charge is 1.77. The first-order valence-corrected chi connectivity index (χ1v) is 2.37. The molecule has 0 rings (SSSR count). The van der Waals surface area contributed by atoms with E-state index in [4.69, 9.17) is 0 Å². The molecule has 0 spiro atoms. The molecular formula is C2H6O2P+. The maximum Gasteiger partial charge on any atom is 0.353 e. The van der Waals surface area contributed by atoms with Crippen LogP contribution in [-0.4, -0.2) is 13.5 Å². The molecule has 0 saturated carbocycles. The van der Waals surface area contributed by atoms with Crippen molar-refractivity contribution in [1.29, 1.82) is 0 Å². The van der Waals surface area contributed by atoms with Crippen molar-refractivity contribution in [3.63, 3.8) is 0 Å². The van der Waals surface area contributed by atoms with Crippen molar-refractivity contribution < 1.29 is 9.30 Å². The maximum atomic E-state index is 9.43. The number of hydrogen-bond donors (Lipinski definition) is 0. The summed E-state index contributed by atoms with van der Waals surface area (Å²) in [4.78, 5) is 0. The van der Waals surface area contributed by atoms with Gasteiger partial charge in [-0.1, -0.05) is 4.57 Å². The molecule has 3 heteroatoms. The molecule has 0 aromatic heterocycles. The van der Waals surface area contributed by atoms with Crippen LogP contribution in [0.1, 0.15) is 0 Å². The molecule has 0 amide bonds. The van der Waals surface area contributed by atoms with Crippen LogP contribution in [0.3, 0.4) is 0 Å². The van der Waals surface area contributed by atoms with Crippen molar-refractivity contribution in [1.82, 2.24) is 0 Å². The summed E-state index contributed by atoms with van der Waals surface area (Å²) in [5.74, 6) is 0. The highest BCUT2D eigenvalue weighted by molar-refractivity contribution is 7.23. The summed E-state index contributed by atoms with van der Waals surface area (Å²) in [6, 6.07) is 0. The van der Waals surface area contributed by atoms with E-state index >= 15 is 0 Å². The molecule has 0 N–H and O–H groups in total. The molecule has 0 bridgehead atoms. The molecule has 5 heavy (non-hydrogen) atoms. The van der Waals surface area contributed by atoms with E-state index in [2.05, 4.69) is 4.74 Å². The average molecular weight is 93.0 g/mol. The number of methoxy groups -OCH3 is 1. The molecule has 0 aliphatic carbocycles. The van der Waals surface area contributed by atoms with Crippen LogP contribution in [0.25, 0.3) is 0 Å². The standard InChI is InChI=1S/C2H5O2P/c1-4-2-5-3/h2H2,1H3/p+1. The Hall–Kier alpha value is 0.0600. The van der Waals surface area contributed by atoms with E-state index in [0.717, 1.165) is 0 Å². The predicted molar refractivity (Wildman–Crippen MR) is 20.9 cm³/mol. The fourth-order valence-electron chi connectivity index (χ4n) is 0.0589. The summed E-state index contributed by atoms with van der Waals surface area (Å²) in [7, 11) is 1.20. The van der Waals surface area contributed by atoms with Gasteiger partial charge in [0, 0.05) is 7.11 Å². The van der Waals surface area contributed by atoms with Gasteiger partial charge in [-0.3, -0.25) is 0 Å². The highest BCUT2D eigenvalue weighted by atomic mass is 31.1. The predicted octanol–water partition coefficient (Wildman–Crippen LogP) is 0.614. The van der Waals surface area contributed by atoms with Crippen LogP contribution in [0.15, 0.2) is 0 Å². The van der Waals surface area contributed by atoms with E-state index in [0.29, 0.717) is 6.35 Å². The van der Waals surface area contributed by atoms with Gasteiger partial charge in [-0.05, 0) is 0 Å². The molecule has 0 aromatic rings. The fraction of sp³-hybridized carbons (Fsp3) is 1.00. The zero-order chi connectivity index (χ0) is 4.12. The van der Waals surface area contributed by atoms with Gasteiger partial charge >= 0.3 is 8.46 Å². The quantitative estimate of drug-likeness (QED) is 0.467. The van der Waals surface area contributed by atoms with Crippen LogP contribution in [0.4, 0.5) is 0 Å². The zero-order valence-corrected chi connectivity index (χ0v) is 4.02. The molecule has 1 atom stereocenters. The molecule has 0 heterocycles. The Kier molecular flexibility index (Phi) is 4.11. The van der Waals surface area contributed by atoms with Gasteiger partial charge in [-0.2, -0.15) is 0 Å². The third kappa shape index (κ3) is 4.06. The summed E-state index contributed by atoms with van der Waals surface area (Å²) in [6.45, 7) is 0. The molecule has 0 aliphatic heterocycles. The lowest BCUT2D eigenvalue weighted by Gasteiger charge is -1.67. The second-order valence-electron chi connectivity index (χ2n) is 0.577. The van der Waals surface area contributed by atoms with Crippen molar-refractivity contribution in [3.8, 4) is 0 Å². The average Bonchev–Trinajstić information content (AvgIpc) is 1.41. The molecular weight excluding hydrogens is 87.0 g/mol. The first-order valence-electron chi connectivity index (χ1n) is 1.25. The highest BCUT2D eigenvalue weighted by Crippen LogP contribution is 1.85. The Morgan fingerprint density at radius 1 is 2.00 bits per heavy atom. The van der Waals surface area contributed by atoms with Gasteiger partial charge in [0.05, 0.1) is 0 Å². The number of hydrogen-bond acceptors (Lipinski definition) is 2. The normalized spacial score (nSPS) is 9.00. The summed E-state index contributed by atoms with van der Waals surface area (Å²) < 4.78 is 13.8. The molecule has 0 fully saturated rings. The van der Waals surface area contributed by atoms with Gasteiger partial charge in [0.15, 0.2) is 0 Å². The second-order valence-corrected chi connectivity index (χ2v) is 1.15. The summed E-state index contributed by atoms with van der Waals surface area (Å²) in [5.41, 5.74) is 0. The summed E-state index contributed by atoms with van der Waals surface area (Å²) in [5, 5.41) is 0. The third-order valence-corrected chi connectivity index (χ3v) is 0.610. The number of rotatable bonds is 2. The van der Waals surface area contributed by atoms with Crippen LogP contribution in [0.2, 0.25) is 0 Å². The van der Waals surface area contributed by atoms with Gasteiger partial charge in [-0.15, -0.1) is 0 Å². The van der Waals surface area contributed by atoms with Crippen LogP contribution < -0.4 is 0 Å². The van der Waals surface area contributed by atoms with E-state index in [9.17, 15) is 4.57 Å². The molecule has 0 aromatic carbocycles. The lowest BCUT2D eigenvalue weighted by Crippen LogP contribution is -1.69. The Labute approximate surface area is 32.3 Å². The second kappa shape index (κ2) is 4.06. The minimum atomic E-state index is -0.314. The Bertz CT molecular complexity index is 28.8. The maximum absolute atomic E-state index is 9.43. The molecule has 2 nitrogen and oxygen atoms in total. The van der Waals surface area contributed by atoms with Crippen LogP contribution >= 0.6 is 8.46 Å². The van der Waals surface area contributed by atoms with E-state index in [1.807, 2.05) is 0 Å². The SMILES string of the molecule is COC[PH+]=O. The van der Waals surface area contributed by atoms with E-state index in [-0.39, 0.29) is 8.46 Å². The Balaban J connectivity index is 2.40. The van der Waals surface area contributed by atoms with Crippen molar-refractivity contribution in [2.75, 3.05) is 13.5 Å². The third-order valence-electron chi connectivity index (χ3n) is 0.203. The van der Waals surface area contributed by atoms with Crippen molar-refractivity contribution in [2.24, 2.45) is 0 Å². The Morgan fingerprint density at radius 2 is 2.60 bits per heavy atom. The largest absolute Gasteiger partial charge is 0.353 e. The van der Waals surface area contributed by atoms with Crippen molar-refractivity contribution in [3.05, 3.63) is 0 Å². The van der Waals surface area contributed by atoms with Gasteiger partial charge in [0.1, 0.15) is 0 Å². The summed E-state index contributed by atoms with van der Waals surface area (Å²) in [6.07, 6.45) is 0.361. The molecule has 0 radical (unpaired) electrons. The van der Waals surface area contributed by atoms with Crippen LogP contribution in [0, 0.1) is 0 Å². The van der Waals surface area contributed by atoms with Gasteiger partial charge in [-0.25, -0.2) is 0 Å². The van der Waals surface area contributed by atoms with Gasteiger partial charge in [0.25, 0.3) is 0 Å². The van der Waals surface area contributed by atoms with E-state index < -0.39 is 0 Å². The Morgan fingerprint density at radius 3 is 2.60 bits per heavy atom. The van der Waals surface area contributed by atoms with Crippen molar-refractivity contribution in [2.45, 2.75) is 0 Å². The molecule has 30 valence electrons. The monoisotopic (exact) mass is 93.0 g/mol. The topological polar surface area (TPSA) is 26.3 Å². The van der Waals surface area contributed by atoms with Gasteiger partial charge < -0.3 is 4.74 Å². The first kappa shape index (κ1) is 5.06. The van der Waals surface area contributed by atoms with Gasteiger partial charge in [0.2, 0.25) is 6.35 Å². The smallest absolute Gasteiger partial charge is 0.341 e. The molecule has 0 saturated heterocycles. The minimum Gasteiger partial charge on any atom is -0.341 e.